The number of aryl methyl sites for hydroxylation is 2. The van der Waals surface area contributed by atoms with Gasteiger partial charge in [-0.25, -0.2) is 0 Å². The minimum atomic E-state index is 0.0239. The van der Waals surface area contributed by atoms with E-state index in [1.165, 1.54) is 48.1 Å². The van der Waals surface area contributed by atoms with Crippen molar-refractivity contribution < 1.29 is 0 Å². The third kappa shape index (κ3) is 10.7. The zero-order valence-electron chi connectivity index (χ0n) is 23.3. The van der Waals surface area contributed by atoms with Crippen LogP contribution in [0.1, 0.15) is 127 Å². The molecule has 0 aromatic carbocycles. The molecule has 0 saturated heterocycles. The first-order chi connectivity index (χ1) is 16.1. The van der Waals surface area contributed by atoms with Gasteiger partial charge in [-0.3, -0.25) is 9.97 Å². The zero-order chi connectivity index (χ0) is 25.7. The first-order valence-corrected chi connectivity index (χ1v) is 13.6. The molecule has 0 aliphatic rings. The van der Waals surface area contributed by atoms with Crippen molar-refractivity contribution in [1.82, 2.24) is 9.97 Å². The summed E-state index contributed by atoms with van der Waals surface area (Å²) in [5.74, 6) is 1.31. The maximum atomic E-state index is 6.03. The van der Waals surface area contributed by atoms with Crippen LogP contribution in [-0.2, 0) is 25.7 Å². The minimum Gasteiger partial charge on any atom is -0.323 e. The predicted molar refractivity (Wildman–Crippen MR) is 148 cm³/mol. The first-order valence-electron chi connectivity index (χ1n) is 13.6. The molecule has 0 aliphatic heterocycles. The van der Waals surface area contributed by atoms with Gasteiger partial charge in [0.15, 0.2) is 0 Å². The molecule has 4 heteroatoms. The van der Waals surface area contributed by atoms with Crippen molar-refractivity contribution in [2.24, 2.45) is 23.3 Å². The Hall–Kier alpha value is -1.78. The summed E-state index contributed by atoms with van der Waals surface area (Å²) >= 11 is 0. The van der Waals surface area contributed by atoms with E-state index in [1.54, 1.807) is 0 Å². The van der Waals surface area contributed by atoms with Gasteiger partial charge < -0.3 is 11.5 Å². The molecule has 192 valence electrons. The Balaban J connectivity index is 0.000000340. The molecular formula is C30H52N4. The molecule has 0 aliphatic carbocycles. The summed E-state index contributed by atoms with van der Waals surface area (Å²) in [7, 11) is 0. The van der Waals surface area contributed by atoms with Crippen molar-refractivity contribution in [2.45, 2.75) is 119 Å². The number of hydrogen-bond donors (Lipinski definition) is 2. The highest BCUT2D eigenvalue weighted by Gasteiger charge is 2.15. The molecule has 0 radical (unpaired) electrons. The number of nitrogens with two attached hydrogens (primary N) is 2. The van der Waals surface area contributed by atoms with Gasteiger partial charge in [-0.05, 0) is 93.0 Å². The molecule has 2 aromatic heterocycles. The summed E-state index contributed by atoms with van der Waals surface area (Å²) in [5.41, 5.74) is 19.5. The van der Waals surface area contributed by atoms with Gasteiger partial charge in [0.05, 0.1) is 11.4 Å². The molecule has 0 amide bonds. The average molecular weight is 469 g/mol. The van der Waals surface area contributed by atoms with E-state index in [0.29, 0.717) is 11.8 Å². The van der Waals surface area contributed by atoms with Crippen LogP contribution in [0.15, 0.2) is 24.4 Å². The maximum Gasteiger partial charge on any atom is 0.0602 e. The highest BCUT2D eigenvalue weighted by Crippen LogP contribution is 2.23. The fourth-order valence-electron chi connectivity index (χ4n) is 4.17. The van der Waals surface area contributed by atoms with E-state index < -0.39 is 0 Å². The van der Waals surface area contributed by atoms with Crippen LogP contribution in [0.5, 0.6) is 0 Å². The van der Waals surface area contributed by atoms with E-state index in [4.69, 9.17) is 16.5 Å². The van der Waals surface area contributed by atoms with Crippen molar-refractivity contribution >= 4 is 0 Å². The second kappa shape index (κ2) is 16.0. The lowest BCUT2D eigenvalue weighted by atomic mass is 9.90. The van der Waals surface area contributed by atoms with Crippen LogP contribution in [0, 0.1) is 11.8 Å². The van der Waals surface area contributed by atoms with Crippen LogP contribution >= 0.6 is 0 Å². The smallest absolute Gasteiger partial charge is 0.0602 e. The normalized spacial score (nSPS) is 13.1. The Morgan fingerprint density at radius 2 is 1.35 bits per heavy atom. The molecule has 2 rings (SSSR count). The lowest BCUT2D eigenvalue weighted by Crippen LogP contribution is -2.15. The van der Waals surface area contributed by atoms with E-state index in [1.807, 2.05) is 20.0 Å². The summed E-state index contributed by atoms with van der Waals surface area (Å²) in [6, 6.07) is 6.53. The Bertz CT molecular complexity index is 825. The van der Waals surface area contributed by atoms with Crippen molar-refractivity contribution in [2.75, 3.05) is 0 Å². The van der Waals surface area contributed by atoms with Crippen LogP contribution in [0.25, 0.3) is 0 Å². The second-order valence-corrected chi connectivity index (χ2v) is 10.7. The number of aromatic nitrogens is 2. The SMILES string of the molecule is CC(C)Cc1ccnc(C(C)N)c1CC(C)C.CCCCc1ccc(C(C)N)nc1CCCC. The summed E-state index contributed by atoms with van der Waals surface area (Å²) in [6.07, 6.45) is 11.3. The topological polar surface area (TPSA) is 77.8 Å². The van der Waals surface area contributed by atoms with Gasteiger partial charge in [0.25, 0.3) is 0 Å². The standard InChI is InChI=1S/2C15H26N2/c1-10(2)8-13-6-7-17-15(12(5)16)14(13)9-11(3)4;1-4-6-8-13-10-11-14(12(3)16)17-15(13)9-7-5-2/h6-7,10-12H,8-9,16H2,1-5H3;10-12H,4-9,16H2,1-3H3. The Labute approximate surface area is 210 Å². The Kier molecular flexibility index (Phi) is 14.2. The lowest BCUT2D eigenvalue weighted by molar-refractivity contribution is 0.601. The van der Waals surface area contributed by atoms with Crippen molar-refractivity contribution in [1.29, 1.82) is 0 Å². The Morgan fingerprint density at radius 3 is 1.88 bits per heavy atom. The second-order valence-electron chi connectivity index (χ2n) is 10.7. The molecule has 2 heterocycles. The molecule has 0 fully saturated rings. The Morgan fingerprint density at radius 1 is 0.735 bits per heavy atom. The molecule has 34 heavy (non-hydrogen) atoms. The van der Waals surface area contributed by atoms with Gasteiger partial charge in [0.2, 0.25) is 0 Å². The lowest BCUT2D eigenvalue weighted by Gasteiger charge is -2.18. The predicted octanol–water partition coefficient (Wildman–Crippen LogP) is 7.28. The van der Waals surface area contributed by atoms with Crippen molar-refractivity contribution in [3.63, 3.8) is 0 Å². The van der Waals surface area contributed by atoms with Crippen LogP contribution in [0.4, 0.5) is 0 Å². The third-order valence-electron chi connectivity index (χ3n) is 5.98. The highest BCUT2D eigenvalue weighted by molar-refractivity contribution is 5.32. The molecule has 0 spiro atoms. The van der Waals surface area contributed by atoms with E-state index in [2.05, 4.69) is 64.7 Å². The fraction of sp³-hybridized carbons (Fsp3) is 0.667. The molecule has 2 unspecified atom stereocenters. The number of rotatable bonds is 12. The minimum absolute atomic E-state index is 0.0239. The molecular weight excluding hydrogens is 416 g/mol. The monoisotopic (exact) mass is 468 g/mol. The summed E-state index contributed by atoms with van der Waals surface area (Å²) < 4.78 is 0. The molecule has 4 N–H and O–H groups in total. The number of hydrogen-bond acceptors (Lipinski definition) is 4. The average Bonchev–Trinajstić information content (AvgIpc) is 2.77. The van der Waals surface area contributed by atoms with Gasteiger partial charge in [-0.1, -0.05) is 60.5 Å². The number of unbranched alkanes of at least 4 members (excludes halogenated alkanes) is 2. The summed E-state index contributed by atoms with van der Waals surface area (Å²) in [6.45, 7) is 17.5. The van der Waals surface area contributed by atoms with Crippen LogP contribution in [0.3, 0.4) is 0 Å². The van der Waals surface area contributed by atoms with E-state index in [0.717, 1.165) is 37.1 Å². The van der Waals surface area contributed by atoms with Gasteiger partial charge >= 0.3 is 0 Å². The number of pyridine rings is 2. The maximum absolute atomic E-state index is 6.03. The molecule has 0 bridgehead atoms. The zero-order valence-corrected chi connectivity index (χ0v) is 23.3. The molecule has 0 saturated carbocycles. The van der Waals surface area contributed by atoms with Crippen LogP contribution in [0.2, 0.25) is 0 Å². The molecule has 4 nitrogen and oxygen atoms in total. The third-order valence-corrected chi connectivity index (χ3v) is 5.98. The van der Waals surface area contributed by atoms with Gasteiger partial charge in [-0.15, -0.1) is 0 Å². The molecule has 2 atom stereocenters. The largest absolute Gasteiger partial charge is 0.323 e. The number of nitrogens with zero attached hydrogens (tertiary/aromatic N) is 2. The molecule has 2 aromatic rings. The van der Waals surface area contributed by atoms with Crippen molar-refractivity contribution in [3.05, 3.63) is 58.2 Å². The summed E-state index contributed by atoms with van der Waals surface area (Å²) in [4.78, 5) is 9.21. The highest BCUT2D eigenvalue weighted by atomic mass is 14.8. The van der Waals surface area contributed by atoms with E-state index >= 15 is 0 Å². The van der Waals surface area contributed by atoms with E-state index in [-0.39, 0.29) is 12.1 Å². The van der Waals surface area contributed by atoms with E-state index in [9.17, 15) is 0 Å². The van der Waals surface area contributed by atoms with Crippen LogP contribution < -0.4 is 11.5 Å². The van der Waals surface area contributed by atoms with Gasteiger partial charge in [0, 0.05) is 24.0 Å². The quantitative estimate of drug-likeness (QED) is 0.343. The van der Waals surface area contributed by atoms with Crippen LogP contribution in [-0.4, -0.2) is 9.97 Å². The van der Waals surface area contributed by atoms with Crippen molar-refractivity contribution in [3.8, 4) is 0 Å². The van der Waals surface area contributed by atoms with Gasteiger partial charge in [-0.2, -0.15) is 0 Å². The fourth-order valence-corrected chi connectivity index (χ4v) is 4.17. The summed E-state index contributed by atoms with van der Waals surface area (Å²) in [5, 5.41) is 0. The first kappa shape index (κ1) is 30.3. The van der Waals surface area contributed by atoms with Gasteiger partial charge in [0.1, 0.15) is 0 Å².